The summed E-state index contributed by atoms with van der Waals surface area (Å²) in [5.74, 6) is -0.393. The van der Waals surface area contributed by atoms with Crippen LogP contribution in [0.3, 0.4) is 0 Å². The summed E-state index contributed by atoms with van der Waals surface area (Å²) in [4.78, 5) is 4.99. The van der Waals surface area contributed by atoms with E-state index in [1.54, 1.807) is 18.3 Å². The van der Waals surface area contributed by atoms with Gasteiger partial charge in [-0.25, -0.2) is 4.39 Å². The Morgan fingerprint density at radius 3 is 2.81 bits per heavy atom. The number of rotatable bonds is 3. The predicted octanol–water partition coefficient (Wildman–Crippen LogP) is 2.73. The van der Waals surface area contributed by atoms with Crippen molar-refractivity contribution in [2.75, 3.05) is 0 Å². The number of hydrogen-bond acceptors (Lipinski definition) is 3. The van der Waals surface area contributed by atoms with Gasteiger partial charge in [0.05, 0.1) is 11.9 Å². The van der Waals surface area contributed by atoms with Crippen molar-refractivity contribution in [3.8, 4) is 0 Å². The maximum absolute atomic E-state index is 12.7. The summed E-state index contributed by atoms with van der Waals surface area (Å²) in [5.41, 5.74) is -0.569. The first-order valence-corrected chi connectivity index (χ1v) is 5.83. The molecule has 2 rings (SSSR count). The number of halogens is 1. The van der Waals surface area contributed by atoms with Crippen LogP contribution in [0.1, 0.15) is 17.5 Å². The third kappa shape index (κ3) is 2.46. The summed E-state index contributed by atoms with van der Waals surface area (Å²) in [7, 11) is 0. The lowest BCUT2D eigenvalue weighted by Gasteiger charge is -2.21. The standard InChI is InChI=1S/C12H12FNOS/c1-12(15,7-10-3-2-6-16-10)11-5-4-9(13)8-14-11/h2-6,8,15H,7H2,1H3. The van der Waals surface area contributed by atoms with E-state index in [2.05, 4.69) is 4.98 Å². The Kier molecular flexibility index (Phi) is 3.03. The SMILES string of the molecule is CC(O)(Cc1cccs1)c1ccc(F)cn1. The van der Waals surface area contributed by atoms with E-state index in [1.807, 2.05) is 17.5 Å². The van der Waals surface area contributed by atoms with Gasteiger partial charge in [0.2, 0.25) is 0 Å². The average molecular weight is 237 g/mol. The molecule has 0 fully saturated rings. The van der Waals surface area contributed by atoms with Crippen molar-refractivity contribution in [1.82, 2.24) is 4.98 Å². The molecule has 0 saturated heterocycles. The summed E-state index contributed by atoms with van der Waals surface area (Å²) in [6, 6.07) is 6.73. The van der Waals surface area contributed by atoms with Gasteiger partial charge in [0, 0.05) is 11.3 Å². The van der Waals surface area contributed by atoms with Gasteiger partial charge >= 0.3 is 0 Å². The number of pyridine rings is 1. The first-order valence-electron chi connectivity index (χ1n) is 4.95. The van der Waals surface area contributed by atoms with E-state index < -0.39 is 11.4 Å². The van der Waals surface area contributed by atoms with E-state index in [1.165, 1.54) is 12.1 Å². The van der Waals surface area contributed by atoms with Crippen LogP contribution in [0.15, 0.2) is 35.8 Å². The highest BCUT2D eigenvalue weighted by Gasteiger charge is 2.25. The molecule has 0 radical (unpaired) electrons. The third-order valence-electron chi connectivity index (χ3n) is 2.38. The third-order valence-corrected chi connectivity index (χ3v) is 3.25. The second-order valence-corrected chi connectivity index (χ2v) is 4.92. The highest BCUT2D eigenvalue weighted by atomic mass is 32.1. The molecule has 0 aromatic carbocycles. The molecule has 84 valence electrons. The fourth-order valence-electron chi connectivity index (χ4n) is 1.54. The average Bonchev–Trinajstić information content (AvgIpc) is 2.70. The molecule has 2 aromatic heterocycles. The van der Waals surface area contributed by atoms with Crippen LogP contribution in [0.2, 0.25) is 0 Å². The van der Waals surface area contributed by atoms with Crippen LogP contribution in [0.5, 0.6) is 0 Å². The molecule has 0 saturated carbocycles. The minimum absolute atomic E-state index is 0.393. The largest absolute Gasteiger partial charge is 0.383 e. The molecule has 4 heteroatoms. The van der Waals surface area contributed by atoms with Gasteiger partial charge in [0.1, 0.15) is 11.4 Å². The van der Waals surface area contributed by atoms with E-state index >= 15 is 0 Å². The van der Waals surface area contributed by atoms with Crippen molar-refractivity contribution in [2.24, 2.45) is 0 Å². The van der Waals surface area contributed by atoms with Crippen LogP contribution in [-0.2, 0) is 12.0 Å². The van der Waals surface area contributed by atoms with Crippen LogP contribution in [0.4, 0.5) is 4.39 Å². The molecule has 0 aliphatic rings. The first-order chi connectivity index (χ1) is 7.58. The number of hydrogen-bond donors (Lipinski definition) is 1. The molecule has 16 heavy (non-hydrogen) atoms. The first kappa shape index (κ1) is 11.2. The zero-order chi connectivity index (χ0) is 11.6. The topological polar surface area (TPSA) is 33.1 Å². The minimum Gasteiger partial charge on any atom is -0.383 e. The second-order valence-electron chi connectivity index (χ2n) is 3.89. The van der Waals surface area contributed by atoms with Crippen molar-refractivity contribution < 1.29 is 9.50 Å². The molecule has 0 bridgehead atoms. The van der Waals surface area contributed by atoms with Gasteiger partial charge < -0.3 is 5.11 Å². The van der Waals surface area contributed by atoms with Gasteiger partial charge in [0.25, 0.3) is 0 Å². The molecular weight excluding hydrogens is 225 g/mol. The van der Waals surface area contributed by atoms with Crippen molar-refractivity contribution in [1.29, 1.82) is 0 Å². The van der Waals surface area contributed by atoms with E-state index in [0.29, 0.717) is 12.1 Å². The van der Waals surface area contributed by atoms with Crippen LogP contribution < -0.4 is 0 Å². The smallest absolute Gasteiger partial charge is 0.141 e. The molecule has 2 nitrogen and oxygen atoms in total. The molecule has 1 unspecified atom stereocenters. The molecule has 0 aliphatic heterocycles. The van der Waals surface area contributed by atoms with Crippen molar-refractivity contribution >= 4 is 11.3 Å². The second kappa shape index (κ2) is 4.31. The fourth-order valence-corrected chi connectivity index (χ4v) is 2.39. The van der Waals surface area contributed by atoms with Crippen LogP contribution >= 0.6 is 11.3 Å². The maximum atomic E-state index is 12.7. The number of aliphatic hydroxyl groups is 1. The highest BCUT2D eigenvalue weighted by molar-refractivity contribution is 7.09. The van der Waals surface area contributed by atoms with Crippen LogP contribution in [0.25, 0.3) is 0 Å². The Morgan fingerprint density at radius 2 is 2.25 bits per heavy atom. The minimum atomic E-state index is -1.06. The van der Waals surface area contributed by atoms with Gasteiger partial charge in [0.15, 0.2) is 0 Å². The van der Waals surface area contributed by atoms with E-state index in [4.69, 9.17) is 0 Å². The Hall–Kier alpha value is -1.26. The molecule has 2 aromatic rings. The fraction of sp³-hybridized carbons (Fsp3) is 0.250. The van der Waals surface area contributed by atoms with Crippen molar-refractivity contribution in [2.45, 2.75) is 18.9 Å². The van der Waals surface area contributed by atoms with Gasteiger partial charge in [-0.05, 0) is 30.5 Å². The quantitative estimate of drug-likeness (QED) is 0.890. The number of thiophene rings is 1. The normalized spacial score (nSPS) is 14.7. The summed E-state index contributed by atoms with van der Waals surface area (Å²) >= 11 is 1.59. The Bertz CT molecular complexity index is 450. The van der Waals surface area contributed by atoms with E-state index in [-0.39, 0.29) is 0 Å². The van der Waals surface area contributed by atoms with Gasteiger partial charge in [-0.15, -0.1) is 11.3 Å². The van der Waals surface area contributed by atoms with Crippen LogP contribution in [0, 0.1) is 5.82 Å². The Labute approximate surface area is 97.4 Å². The molecular formula is C12H12FNOS. The Balaban J connectivity index is 2.21. The summed E-state index contributed by atoms with van der Waals surface area (Å²) in [5, 5.41) is 12.2. The predicted molar refractivity (Wildman–Crippen MR) is 61.8 cm³/mol. The van der Waals surface area contributed by atoms with Crippen molar-refractivity contribution in [3.63, 3.8) is 0 Å². The monoisotopic (exact) mass is 237 g/mol. The lowest BCUT2D eigenvalue weighted by atomic mass is 9.96. The molecule has 0 amide bonds. The van der Waals surface area contributed by atoms with E-state index in [0.717, 1.165) is 11.1 Å². The number of aromatic nitrogens is 1. The lowest BCUT2D eigenvalue weighted by Crippen LogP contribution is -2.25. The highest BCUT2D eigenvalue weighted by Crippen LogP contribution is 2.25. The van der Waals surface area contributed by atoms with Gasteiger partial charge in [-0.2, -0.15) is 0 Å². The summed E-state index contributed by atoms with van der Waals surface area (Å²) in [6.07, 6.45) is 1.61. The molecule has 1 atom stereocenters. The summed E-state index contributed by atoms with van der Waals surface area (Å²) < 4.78 is 12.7. The van der Waals surface area contributed by atoms with Crippen LogP contribution in [-0.4, -0.2) is 10.1 Å². The Morgan fingerprint density at radius 1 is 1.44 bits per heavy atom. The molecule has 2 heterocycles. The maximum Gasteiger partial charge on any atom is 0.141 e. The molecule has 0 aliphatic carbocycles. The zero-order valence-corrected chi connectivity index (χ0v) is 9.67. The van der Waals surface area contributed by atoms with E-state index in [9.17, 15) is 9.50 Å². The lowest BCUT2D eigenvalue weighted by molar-refractivity contribution is 0.0537. The summed E-state index contributed by atoms with van der Waals surface area (Å²) in [6.45, 7) is 1.69. The van der Waals surface area contributed by atoms with Gasteiger partial charge in [-0.3, -0.25) is 4.98 Å². The zero-order valence-electron chi connectivity index (χ0n) is 8.85. The molecule has 0 spiro atoms. The molecule has 1 N–H and O–H groups in total. The van der Waals surface area contributed by atoms with Crippen molar-refractivity contribution in [3.05, 3.63) is 52.2 Å². The number of nitrogens with zero attached hydrogens (tertiary/aromatic N) is 1. The van der Waals surface area contributed by atoms with Gasteiger partial charge in [-0.1, -0.05) is 6.07 Å².